The smallest absolute Gasteiger partial charge is 0.266 e. The molecule has 2 aromatic carbocycles. The molecule has 0 spiro atoms. The highest BCUT2D eigenvalue weighted by atomic mass is 35.5. The van der Waals surface area contributed by atoms with Crippen LogP contribution in [-0.2, 0) is 4.79 Å². The highest BCUT2D eigenvalue weighted by Gasteiger charge is 2.27. The van der Waals surface area contributed by atoms with Crippen molar-refractivity contribution < 1.29 is 4.79 Å². The fourth-order valence-corrected chi connectivity index (χ4v) is 4.49. The average molecular weight is 456 g/mol. The molecule has 0 bridgehead atoms. The number of aromatic nitrogens is 2. The number of amides is 1. The summed E-state index contributed by atoms with van der Waals surface area (Å²) in [5.74, 6) is 0.411. The Balaban J connectivity index is 1.78. The van der Waals surface area contributed by atoms with Crippen molar-refractivity contribution >= 4 is 40.2 Å². The zero-order chi connectivity index (χ0) is 22.1. The fourth-order valence-electron chi connectivity index (χ4n) is 3.39. The maximum Gasteiger partial charge on any atom is 0.266 e. The number of hydrogen-bond acceptors (Lipinski definition) is 4. The average Bonchev–Trinajstić information content (AvgIpc) is 3.57. The Labute approximate surface area is 191 Å². The van der Waals surface area contributed by atoms with E-state index in [0.717, 1.165) is 24.9 Å². The first-order valence-electron chi connectivity index (χ1n) is 10.7. The quantitative estimate of drug-likeness (QED) is 0.387. The number of nitrogens with zero attached hydrogens (tertiary/aromatic N) is 2. The molecule has 3 aromatic rings. The van der Waals surface area contributed by atoms with E-state index >= 15 is 0 Å². The minimum Gasteiger partial charge on any atom is -0.352 e. The first kappa shape index (κ1) is 21.9. The third-order valence-corrected chi connectivity index (χ3v) is 7.00. The first-order chi connectivity index (χ1) is 14.9. The van der Waals surface area contributed by atoms with Gasteiger partial charge in [-0.25, -0.2) is 4.98 Å². The molecule has 1 saturated carbocycles. The predicted molar refractivity (Wildman–Crippen MR) is 128 cm³/mol. The third-order valence-electron chi connectivity index (χ3n) is 5.71. The van der Waals surface area contributed by atoms with Gasteiger partial charge in [-0.15, -0.1) is 0 Å². The second-order valence-corrected chi connectivity index (χ2v) is 9.88. The van der Waals surface area contributed by atoms with Crippen molar-refractivity contribution in [1.29, 1.82) is 0 Å². The van der Waals surface area contributed by atoms with Gasteiger partial charge in [0.1, 0.15) is 0 Å². The number of nitrogens with one attached hydrogen (secondary N) is 1. The van der Waals surface area contributed by atoms with Gasteiger partial charge >= 0.3 is 0 Å². The molecular formula is C24H26ClN3O2S. The summed E-state index contributed by atoms with van der Waals surface area (Å²) in [6.07, 6.45) is 3.11. The first-order valence-corrected chi connectivity index (χ1v) is 11.9. The molecule has 4 rings (SSSR count). The standard InChI is InChI=1S/C24H26ClN3O2S/c1-4-14(2)16-5-10-19(11-6-16)28-23(30)20-12-7-17(25)13-21(20)27-24(28)31-15(3)22(29)26-18-8-9-18/h5-7,10-15,18H,4,8-9H2,1-3H3,(H,26,29)/t14-,15+/m0/s1. The van der Waals surface area contributed by atoms with Crippen LogP contribution in [0.5, 0.6) is 0 Å². The molecule has 7 heteroatoms. The van der Waals surface area contributed by atoms with Crippen LogP contribution in [0.3, 0.4) is 0 Å². The van der Waals surface area contributed by atoms with Crippen LogP contribution >= 0.6 is 23.4 Å². The normalized spacial score (nSPS) is 15.6. The summed E-state index contributed by atoms with van der Waals surface area (Å²) >= 11 is 7.43. The largest absolute Gasteiger partial charge is 0.352 e. The molecule has 1 amide bonds. The van der Waals surface area contributed by atoms with Gasteiger partial charge in [-0.05, 0) is 68.0 Å². The van der Waals surface area contributed by atoms with E-state index in [9.17, 15) is 9.59 Å². The van der Waals surface area contributed by atoms with Gasteiger partial charge in [-0.3, -0.25) is 14.2 Å². The zero-order valence-corrected chi connectivity index (χ0v) is 19.5. The van der Waals surface area contributed by atoms with Crippen molar-refractivity contribution in [2.24, 2.45) is 0 Å². The van der Waals surface area contributed by atoms with E-state index in [4.69, 9.17) is 16.6 Å². The Morgan fingerprint density at radius 1 is 1.23 bits per heavy atom. The van der Waals surface area contributed by atoms with Crippen LogP contribution in [-0.4, -0.2) is 26.8 Å². The van der Waals surface area contributed by atoms with Crippen molar-refractivity contribution in [1.82, 2.24) is 14.9 Å². The second kappa shape index (κ2) is 9.05. The van der Waals surface area contributed by atoms with Crippen LogP contribution in [0, 0.1) is 0 Å². The number of halogens is 1. The van der Waals surface area contributed by atoms with E-state index in [1.165, 1.54) is 17.3 Å². The molecule has 0 saturated heterocycles. The van der Waals surface area contributed by atoms with Crippen LogP contribution in [0.1, 0.15) is 51.5 Å². The molecule has 1 aromatic heterocycles. The zero-order valence-electron chi connectivity index (χ0n) is 17.9. The highest BCUT2D eigenvalue weighted by Crippen LogP contribution is 2.28. The number of thioether (sulfide) groups is 1. The van der Waals surface area contributed by atoms with E-state index < -0.39 is 0 Å². The van der Waals surface area contributed by atoms with E-state index in [1.807, 2.05) is 19.1 Å². The lowest BCUT2D eigenvalue weighted by Crippen LogP contribution is -2.33. The van der Waals surface area contributed by atoms with Gasteiger partial charge in [-0.2, -0.15) is 0 Å². The molecule has 1 N–H and O–H groups in total. The maximum absolute atomic E-state index is 13.4. The number of fused-ring (bicyclic) bond motifs is 1. The summed E-state index contributed by atoms with van der Waals surface area (Å²) in [4.78, 5) is 30.7. The Bertz CT molecular complexity index is 1170. The summed E-state index contributed by atoms with van der Waals surface area (Å²) < 4.78 is 1.60. The number of benzene rings is 2. The molecule has 1 aliphatic carbocycles. The molecule has 162 valence electrons. The molecule has 31 heavy (non-hydrogen) atoms. The van der Waals surface area contributed by atoms with Gasteiger partial charge in [0.15, 0.2) is 5.16 Å². The molecule has 2 atom stereocenters. The Hall–Kier alpha value is -2.31. The number of carbonyl (C=O) groups excluding carboxylic acids is 1. The van der Waals surface area contributed by atoms with Crippen molar-refractivity contribution in [2.75, 3.05) is 0 Å². The third kappa shape index (κ3) is 4.80. The summed E-state index contributed by atoms with van der Waals surface area (Å²) in [5.41, 5.74) is 2.32. The number of carbonyl (C=O) groups is 1. The molecule has 0 radical (unpaired) electrons. The minimum atomic E-state index is -0.380. The molecular weight excluding hydrogens is 430 g/mol. The molecule has 0 aliphatic heterocycles. The Kier molecular flexibility index (Phi) is 6.39. The van der Waals surface area contributed by atoms with Gasteiger partial charge < -0.3 is 5.32 Å². The fraction of sp³-hybridized carbons (Fsp3) is 0.375. The van der Waals surface area contributed by atoms with Gasteiger partial charge in [0, 0.05) is 11.1 Å². The summed E-state index contributed by atoms with van der Waals surface area (Å²) in [6, 6.07) is 13.4. The van der Waals surface area contributed by atoms with Gasteiger partial charge in [0.25, 0.3) is 5.56 Å². The monoisotopic (exact) mass is 455 g/mol. The van der Waals surface area contributed by atoms with Gasteiger partial charge in [0.2, 0.25) is 5.91 Å². The van der Waals surface area contributed by atoms with Crippen LogP contribution in [0.25, 0.3) is 16.6 Å². The topological polar surface area (TPSA) is 64.0 Å². The molecule has 1 aliphatic rings. The van der Waals surface area contributed by atoms with E-state index in [0.29, 0.717) is 27.0 Å². The van der Waals surface area contributed by atoms with Crippen LogP contribution in [0.15, 0.2) is 52.4 Å². The van der Waals surface area contributed by atoms with Crippen molar-refractivity contribution in [3.05, 3.63) is 63.4 Å². The molecule has 0 unspecified atom stereocenters. The molecule has 1 heterocycles. The molecule has 1 fully saturated rings. The number of hydrogen-bond donors (Lipinski definition) is 1. The Morgan fingerprint density at radius 3 is 2.58 bits per heavy atom. The van der Waals surface area contributed by atoms with Crippen molar-refractivity contribution in [3.8, 4) is 5.69 Å². The highest BCUT2D eigenvalue weighted by molar-refractivity contribution is 8.00. The lowest BCUT2D eigenvalue weighted by atomic mass is 9.98. The summed E-state index contributed by atoms with van der Waals surface area (Å²) in [6.45, 7) is 6.18. The summed E-state index contributed by atoms with van der Waals surface area (Å²) in [7, 11) is 0. The van der Waals surface area contributed by atoms with E-state index in [1.54, 1.807) is 22.8 Å². The van der Waals surface area contributed by atoms with Crippen molar-refractivity contribution in [3.63, 3.8) is 0 Å². The van der Waals surface area contributed by atoms with Gasteiger partial charge in [0.05, 0.1) is 21.8 Å². The SMILES string of the molecule is CC[C@H](C)c1ccc(-n2c(S[C@H](C)C(=O)NC3CC3)nc3cc(Cl)ccc3c2=O)cc1. The predicted octanol–water partition coefficient (Wildman–Crippen LogP) is 5.31. The van der Waals surface area contributed by atoms with Gasteiger partial charge in [-0.1, -0.05) is 49.3 Å². The van der Waals surface area contributed by atoms with E-state index in [-0.39, 0.29) is 22.8 Å². The molecule has 5 nitrogen and oxygen atoms in total. The summed E-state index contributed by atoms with van der Waals surface area (Å²) in [5, 5.41) is 4.14. The lowest BCUT2D eigenvalue weighted by Gasteiger charge is -2.17. The van der Waals surface area contributed by atoms with Crippen molar-refractivity contribution in [2.45, 2.75) is 62.4 Å². The Morgan fingerprint density at radius 2 is 1.94 bits per heavy atom. The lowest BCUT2D eigenvalue weighted by molar-refractivity contribution is -0.120. The van der Waals surface area contributed by atoms with Crippen LogP contribution in [0.4, 0.5) is 0 Å². The number of rotatable bonds is 7. The maximum atomic E-state index is 13.4. The van der Waals surface area contributed by atoms with Crippen LogP contribution in [0.2, 0.25) is 5.02 Å². The van der Waals surface area contributed by atoms with Crippen LogP contribution < -0.4 is 10.9 Å². The second-order valence-electron chi connectivity index (χ2n) is 8.14. The minimum absolute atomic E-state index is 0.0355. The van der Waals surface area contributed by atoms with E-state index in [2.05, 4.69) is 31.3 Å².